The fraction of sp³-hybridized carbons (Fsp3) is 0.0833. The Bertz CT molecular complexity index is 2420. The highest BCUT2D eigenvalue weighted by molar-refractivity contribution is 5.99. The van der Waals surface area contributed by atoms with E-state index in [4.69, 9.17) is 19.9 Å². The van der Waals surface area contributed by atoms with Gasteiger partial charge < -0.3 is 9.97 Å². The van der Waals surface area contributed by atoms with Gasteiger partial charge in [-0.05, 0) is 96.5 Å². The molecule has 4 heteroatoms. The van der Waals surface area contributed by atoms with Crippen LogP contribution in [0.3, 0.4) is 0 Å². The second-order valence-electron chi connectivity index (χ2n) is 13.8. The van der Waals surface area contributed by atoms with Crippen LogP contribution in [0.25, 0.3) is 90.9 Å². The van der Waals surface area contributed by atoms with Crippen molar-refractivity contribution in [3.05, 3.63) is 166 Å². The monoisotopic (exact) mass is 668 g/mol. The summed E-state index contributed by atoms with van der Waals surface area (Å²) in [5.41, 5.74) is 19.9. The van der Waals surface area contributed by atoms with Crippen molar-refractivity contribution < 1.29 is 0 Å². The van der Waals surface area contributed by atoms with Gasteiger partial charge in [0, 0.05) is 0 Å². The molecule has 250 valence electrons. The molecule has 0 saturated carbocycles. The highest BCUT2D eigenvalue weighted by Gasteiger charge is 2.15. The number of nitrogens with zero attached hydrogens (tertiary/aromatic N) is 4. The largest absolute Gasteiger partial charge is 0.657 e. The van der Waals surface area contributed by atoms with Crippen molar-refractivity contribution in [2.24, 2.45) is 0 Å². The van der Waals surface area contributed by atoms with Crippen LogP contribution in [0.5, 0.6) is 0 Å². The van der Waals surface area contributed by atoms with Crippen LogP contribution in [-0.2, 0) is 0 Å². The Balaban J connectivity index is 1.49. The summed E-state index contributed by atoms with van der Waals surface area (Å²) in [6.07, 6.45) is 8.50. The molecule has 8 bridgehead atoms. The Kier molecular flexibility index (Phi) is 7.66. The van der Waals surface area contributed by atoms with E-state index in [-0.39, 0.29) is 0 Å². The minimum Gasteiger partial charge on any atom is -0.657 e. The topological polar surface area (TPSA) is 54.0 Å². The molecule has 9 rings (SSSR count). The van der Waals surface area contributed by atoms with Gasteiger partial charge in [0.15, 0.2) is 0 Å². The summed E-state index contributed by atoms with van der Waals surface area (Å²) in [4.78, 5) is 21.6. The molecule has 0 saturated heterocycles. The molecule has 0 amide bonds. The van der Waals surface area contributed by atoms with Gasteiger partial charge in [0.25, 0.3) is 0 Å². The standard InChI is InChI=1S/C48H36N4/c1-29-9-5-13-33(25-29)45-37-17-19-39(49-37)46(34-14-6-10-30(2)26-34)41-21-23-43(51-41)48(36-16-8-12-32(4)28-36)44-24-22-42(52-44)47(40-20-18-38(45)50-40)35-15-7-11-31(3)27-35/h5-28H,1-4H3/q-2. The minimum atomic E-state index is 0.868. The van der Waals surface area contributed by atoms with Gasteiger partial charge >= 0.3 is 0 Å². The van der Waals surface area contributed by atoms with Crippen molar-refractivity contribution in [1.82, 2.24) is 19.9 Å². The molecular weight excluding hydrogens is 633 g/mol. The lowest BCUT2D eigenvalue weighted by Crippen LogP contribution is -1.91. The Morgan fingerprint density at radius 3 is 0.808 bits per heavy atom. The second-order valence-corrected chi connectivity index (χ2v) is 13.8. The molecule has 7 aromatic rings. The highest BCUT2D eigenvalue weighted by atomic mass is 14.8. The summed E-state index contributed by atoms with van der Waals surface area (Å²) in [5.74, 6) is 0. The van der Waals surface area contributed by atoms with E-state index < -0.39 is 0 Å². The maximum absolute atomic E-state index is 5.39. The summed E-state index contributed by atoms with van der Waals surface area (Å²) in [7, 11) is 0. The molecule has 0 aliphatic carbocycles. The fourth-order valence-corrected chi connectivity index (χ4v) is 7.47. The average Bonchev–Trinajstić information content (AvgIpc) is 3.96. The molecule has 0 unspecified atom stereocenters. The predicted octanol–water partition coefficient (Wildman–Crippen LogP) is 11.8. The number of benzene rings is 4. The maximum Gasteiger partial charge on any atom is 0.0704 e. The molecule has 4 aromatic carbocycles. The van der Waals surface area contributed by atoms with Crippen LogP contribution in [0.15, 0.2) is 121 Å². The number of aromatic nitrogens is 4. The lowest BCUT2D eigenvalue weighted by Gasteiger charge is -2.14. The molecule has 0 radical (unpaired) electrons. The smallest absolute Gasteiger partial charge is 0.0704 e. The van der Waals surface area contributed by atoms with Crippen LogP contribution in [0.2, 0.25) is 0 Å². The van der Waals surface area contributed by atoms with Gasteiger partial charge in [-0.25, -0.2) is 9.97 Å². The van der Waals surface area contributed by atoms with Crippen molar-refractivity contribution in [2.45, 2.75) is 27.7 Å². The van der Waals surface area contributed by atoms with Crippen molar-refractivity contribution in [2.75, 3.05) is 0 Å². The number of hydrogen-bond acceptors (Lipinski definition) is 2. The summed E-state index contributed by atoms with van der Waals surface area (Å²) in [6.45, 7) is 8.50. The molecule has 0 fully saturated rings. The van der Waals surface area contributed by atoms with Crippen LogP contribution in [-0.4, -0.2) is 9.97 Å². The van der Waals surface area contributed by atoms with Crippen LogP contribution in [0, 0.1) is 27.7 Å². The first-order valence-corrected chi connectivity index (χ1v) is 17.7. The molecule has 3 aromatic heterocycles. The Morgan fingerprint density at radius 2 is 0.577 bits per heavy atom. The van der Waals surface area contributed by atoms with Crippen molar-refractivity contribution in [3.63, 3.8) is 0 Å². The molecular formula is C48H36N4-2. The second kappa shape index (κ2) is 12.7. The Labute approximate surface area is 303 Å². The van der Waals surface area contributed by atoms with E-state index in [1.165, 1.54) is 22.3 Å². The summed E-state index contributed by atoms with van der Waals surface area (Å²) in [5, 5.41) is 0. The lowest BCUT2D eigenvalue weighted by molar-refractivity contribution is 1.30. The first-order chi connectivity index (χ1) is 25.4. The van der Waals surface area contributed by atoms with Crippen molar-refractivity contribution in [3.8, 4) is 44.5 Å². The van der Waals surface area contributed by atoms with E-state index in [0.29, 0.717) is 0 Å². The number of fused-ring (bicyclic) bond motifs is 8. The van der Waals surface area contributed by atoms with E-state index >= 15 is 0 Å². The molecule has 52 heavy (non-hydrogen) atoms. The zero-order chi connectivity index (χ0) is 35.3. The maximum atomic E-state index is 5.39. The highest BCUT2D eigenvalue weighted by Crippen LogP contribution is 2.38. The molecule has 5 heterocycles. The number of aryl methyl sites for hydroxylation is 4. The van der Waals surface area contributed by atoms with Gasteiger partial charge in [-0.2, -0.15) is 0 Å². The SMILES string of the molecule is Cc1cccc(-c2c3nc(c(-c4cccc(C)c4)c4ccc([n-]4)c(-c4cccc(C)c4)c4nc(c(-c5cccc(C)c5)c5ccc2[n-]5)C=C4)C=C3)c1. The van der Waals surface area contributed by atoms with Crippen LogP contribution >= 0.6 is 0 Å². The van der Waals surface area contributed by atoms with E-state index in [0.717, 1.165) is 89.4 Å². The molecule has 0 spiro atoms. The zero-order valence-electron chi connectivity index (χ0n) is 29.6. The van der Waals surface area contributed by atoms with Crippen molar-refractivity contribution in [1.29, 1.82) is 0 Å². The first kappa shape index (κ1) is 31.5. The molecule has 2 aliphatic heterocycles. The molecule has 0 atom stereocenters. The van der Waals surface area contributed by atoms with E-state index in [1.54, 1.807) is 0 Å². The van der Waals surface area contributed by atoms with E-state index in [2.05, 4.69) is 173 Å². The zero-order valence-corrected chi connectivity index (χ0v) is 29.6. The van der Waals surface area contributed by atoms with Gasteiger partial charge in [0.1, 0.15) is 0 Å². The third-order valence-electron chi connectivity index (χ3n) is 9.84. The summed E-state index contributed by atoms with van der Waals surface area (Å²) < 4.78 is 0. The third kappa shape index (κ3) is 5.69. The number of rotatable bonds is 4. The fourth-order valence-electron chi connectivity index (χ4n) is 7.47. The van der Waals surface area contributed by atoms with Crippen LogP contribution < -0.4 is 9.97 Å². The van der Waals surface area contributed by atoms with E-state index in [1.807, 2.05) is 0 Å². The van der Waals surface area contributed by atoms with Gasteiger partial charge in [-0.15, -0.1) is 22.1 Å². The molecule has 4 nitrogen and oxygen atoms in total. The van der Waals surface area contributed by atoms with E-state index in [9.17, 15) is 0 Å². The van der Waals surface area contributed by atoms with Crippen LogP contribution in [0.1, 0.15) is 45.0 Å². The van der Waals surface area contributed by atoms with Gasteiger partial charge in [-0.3, -0.25) is 0 Å². The van der Waals surface area contributed by atoms with Gasteiger partial charge in [-0.1, -0.05) is 144 Å². The lowest BCUT2D eigenvalue weighted by atomic mass is 10.0. The quantitative estimate of drug-likeness (QED) is 0.187. The summed E-state index contributed by atoms with van der Waals surface area (Å²) >= 11 is 0. The Morgan fingerprint density at radius 1 is 0.327 bits per heavy atom. The van der Waals surface area contributed by atoms with Crippen LogP contribution in [0.4, 0.5) is 0 Å². The Hall–Kier alpha value is -6.52. The van der Waals surface area contributed by atoms with Gasteiger partial charge in [0.2, 0.25) is 0 Å². The number of hydrogen-bond donors (Lipinski definition) is 0. The minimum absolute atomic E-state index is 0.868. The average molecular weight is 669 g/mol. The molecule has 0 N–H and O–H groups in total. The third-order valence-corrected chi connectivity index (χ3v) is 9.84. The molecule has 2 aliphatic rings. The van der Waals surface area contributed by atoms with Crippen molar-refractivity contribution >= 4 is 46.4 Å². The summed E-state index contributed by atoms with van der Waals surface area (Å²) in [6, 6.07) is 42.9. The van der Waals surface area contributed by atoms with Gasteiger partial charge in [0.05, 0.1) is 22.8 Å². The first-order valence-electron chi connectivity index (χ1n) is 17.7. The normalized spacial score (nSPS) is 12.1. The predicted molar refractivity (Wildman–Crippen MR) is 217 cm³/mol.